The molecule has 3 aromatic carbocycles. The van der Waals surface area contributed by atoms with E-state index in [1.54, 1.807) is 0 Å². The van der Waals surface area contributed by atoms with Gasteiger partial charge in [-0.05, 0) is 0 Å². The summed E-state index contributed by atoms with van der Waals surface area (Å²) in [6.45, 7) is 19.6. The molecule has 0 amide bonds. The SMILES string of the molecule is Cc1cc(C)c(N2CCN(c3c(C)cc(C)cc3C)[C]2=[Ru-2]=[CH]c2ccccc2OC(C)C)c(C)c1. The van der Waals surface area contributed by atoms with Gasteiger partial charge < -0.3 is 0 Å². The molecule has 3 nitrogen and oxygen atoms in total. The van der Waals surface area contributed by atoms with Crippen molar-refractivity contribution in [1.29, 1.82) is 0 Å². The molecule has 1 aliphatic rings. The summed E-state index contributed by atoms with van der Waals surface area (Å²) in [7, 11) is 0. The molecule has 0 spiro atoms. The number of hydrogen-bond acceptors (Lipinski definition) is 3. The molecular formula is C31H38N2ORu-2. The van der Waals surface area contributed by atoms with E-state index < -0.39 is 0 Å². The van der Waals surface area contributed by atoms with E-state index in [1.165, 1.54) is 54.7 Å². The van der Waals surface area contributed by atoms with Crippen LogP contribution in [0, 0.1) is 41.5 Å². The standard InChI is InChI=1S/C21H26N2.C10H12O.Ru/c1-14-9-16(3)20(17(4)10-14)22-7-8-23(13-22)21-18(5)11-15(2)12-19(21)6;1-8(2)11-10-7-5-4-6-9(10)3;/h9-12H,7-8H2,1-6H3;3-8H,1-2H3;/q;;-2. The minimum absolute atomic E-state index is 0.156. The zero-order valence-corrected chi connectivity index (χ0v) is 24.1. The molecule has 1 fully saturated rings. The van der Waals surface area contributed by atoms with Crippen molar-refractivity contribution in [3.8, 4) is 5.75 Å². The van der Waals surface area contributed by atoms with Gasteiger partial charge in [0, 0.05) is 0 Å². The molecule has 0 aliphatic carbocycles. The van der Waals surface area contributed by atoms with Crippen LogP contribution >= 0.6 is 0 Å². The third-order valence-electron chi connectivity index (χ3n) is 6.32. The first-order chi connectivity index (χ1) is 16.7. The van der Waals surface area contributed by atoms with Gasteiger partial charge in [0.25, 0.3) is 0 Å². The Morgan fingerprint density at radius 3 is 1.66 bits per heavy atom. The molecule has 0 atom stereocenters. The molecule has 188 valence electrons. The molecule has 0 radical (unpaired) electrons. The molecule has 0 unspecified atom stereocenters. The summed E-state index contributed by atoms with van der Waals surface area (Å²) in [5.74, 6) is 0.971. The first-order valence-electron chi connectivity index (χ1n) is 12.4. The molecule has 35 heavy (non-hydrogen) atoms. The van der Waals surface area contributed by atoms with E-state index in [1.807, 2.05) is 0 Å². The van der Waals surface area contributed by atoms with Crippen LogP contribution in [0.15, 0.2) is 48.5 Å². The van der Waals surface area contributed by atoms with Gasteiger partial charge >= 0.3 is 219 Å². The minimum atomic E-state index is -0.205. The predicted octanol–water partition coefficient (Wildman–Crippen LogP) is 6.67. The fourth-order valence-electron chi connectivity index (χ4n) is 5.26. The third-order valence-corrected chi connectivity index (χ3v) is 8.50. The van der Waals surface area contributed by atoms with Gasteiger partial charge in [-0.1, -0.05) is 0 Å². The van der Waals surface area contributed by atoms with Gasteiger partial charge in [-0.25, -0.2) is 0 Å². The van der Waals surface area contributed by atoms with E-state index in [2.05, 4.69) is 118 Å². The fourth-order valence-corrected chi connectivity index (χ4v) is 7.49. The molecule has 0 N–H and O–H groups in total. The Bertz CT molecular complexity index is 1200. The number of nitrogens with zero attached hydrogens (tertiary/aromatic N) is 2. The van der Waals surface area contributed by atoms with Gasteiger partial charge in [-0.15, -0.1) is 0 Å². The summed E-state index contributed by atoms with van der Waals surface area (Å²) in [5, 5.41) is 0. The van der Waals surface area contributed by atoms with Crippen molar-refractivity contribution in [2.45, 2.75) is 61.5 Å². The van der Waals surface area contributed by atoms with E-state index in [-0.39, 0.29) is 22.3 Å². The second-order valence-corrected chi connectivity index (χ2v) is 11.7. The van der Waals surface area contributed by atoms with E-state index >= 15 is 0 Å². The molecule has 4 heteroatoms. The van der Waals surface area contributed by atoms with Crippen LogP contribution in [-0.2, 0) is 16.2 Å². The number of benzene rings is 3. The van der Waals surface area contributed by atoms with Crippen LogP contribution in [0.4, 0.5) is 11.4 Å². The Kier molecular flexibility index (Phi) is 7.71. The molecule has 0 bridgehead atoms. The Labute approximate surface area is 218 Å². The van der Waals surface area contributed by atoms with Crippen molar-refractivity contribution >= 4 is 20.3 Å². The van der Waals surface area contributed by atoms with Gasteiger partial charge in [0.2, 0.25) is 0 Å². The number of anilines is 2. The Hall–Kier alpha value is -2.58. The van der Waals surface area contributed by atoms with Crippen molar-refractivity contribution in [2.24, 2.45) is 0 Å². The summed E-state index contributed by atoms with van der Waals surface area (Å²) >= 11 is -0.205. The van der Waals surface area contributed by atoms with Gasteiger partial charge in [-0.3, -0.25) is 0 Å². The summed E-state index contributed by atoms with van der Waals surface area (Å²) in [5.41, 5.74) is 12.0. The molecule has 0 saturated carbocycles. The van der Waals surface area contributed by atoms with E-state index in [0.717, 1.165) is 18.8 Å². The maximum absolute atomic E-state index is 6.13. The quantitative estimate of drug-likeness (QED) is 0.327. The van der Waals surface area contributed by atoms with E-state index in [9.17, 15) is 0 Å². The Balaban J connectivity index is 1.91. The maximum atomic E-state index is 6.13. The molecule has 1 saturated heterocycles. The molecular weight excluding hydrogens is 517 g/mol. The van der Waals surface area contributed by atoms with Crippen LogP contribution in [0.1, 0.15) is 52.8 Å². The van der Waals surface area contributed by atoms with Crippen LogP contribution in [0.25, 0.3) is 0 Å². The third kappa shape index (κ3) is 5.49. The predicted molar refractivity (Wildman–Crippen MR) is 148 cm³/mol. The van der Waals surface area contributed by atoms with Crippen molar-refractivity contribution < 1.29 is 21.0 Å². The number of para-hydroxylation sites is 1. The van der Waals surface area contributed by atoms with E-state index in [4.69, 9.17) is 4.74 Å². The van der Waals surface area contributed by atoms with Gasteiger partial charge in [0.05, 0.1) is 0 Å². The van der Waals surface area contributed by atoms with Crippen molar-refractivity contribution in [3.05, 3.63) is 87.5 Å². The van der Waals surface area contributed by atoms with Crippen LogP contribution in [0.5, 0.6) is 5.75 Å². The number of ether oxygens (including phenoxy) is 1. The van der Waals surface area contributed by atoms with Crippen molar-refractivity contribution in [1.82, 2.24) is 0 Å². The summed E-state index contributed by atoms with van der Waals surface area (Å²) < 4.78 is 9.97. The van der Waals surface area contributed by atoms with Gasteiger partial charge in [0.1, 0.15) is 0 Å². The fraction of sp³-hybridized carbons (Fsp3) is 0.355. The molecule has 3 aromatic rings. The van der Waals surface area contributed by atoms with Gasteiger partial charge in [-0.2, -0.15) is 0 Å². The summed E-state index contributed by atoms with van der Waals surface area (Å²) in [6, 6.07) is 17.7. The zero-order chi connectivity index (χ0) is 25.3. The van der Waals surface area contributed by atoms with Crippen molar-refractivity contribution in [2.75, 3.05) is 22.9 Å². The molecule has 0 aromatic heterocycles. The monoisotopic (exact) mass is 556 g/mol. The Morgan fingerprint density at radius 1 is 0.743 bits per heavy atom. The average molecular weight is 556 g/mol. The first kappa shape index (κ1) is 25.5. The summed E-state index contributed by atoms with van der Waals surface area (Å²) in [6.07, 6.45) is 0.156. The number of hydrogen-bond donors (Lipinski definition) is 0. The zero-order valence-electron chi connectivity index (χ0n) is 22.3. The van der Waals surface area contributed by atoms with E-state index in [0.29, 0.717) is 0 Å². The van der Waals surface area contributed by atoms with Crippen LogP contribution in [0.2, 0.25) is 0 Å². The molecule has 1 aliphatic heterocycles. The van der Waals surface area contributed by atoms with Gasteiger partial charge in [0.15, 0.2) is 0 Å². The molecule has 1 heterocycles. The Morgan fingerprint density at radius 2 is 1.20 bits per heavy atom. The van der Waals surface area contributed by atoms with Crippen molar-refractivity contribution in [3.63, 3.8) is 0 Å². The summed E-state index contributed by atoms with van der Waals surface area (Å²) in [4.78, 5) is 5.17. The van der Waals surface area contributed by atoms with Crippen LogP contribution in [0.3, 0.4) is 0 Å². The van der Waals surface area contributed by atoms with Crippen LogP contribution < -0.4 is 14.5 Å². The second kappa shape index (κ2) is 10.6. The molecule has 4 rings (SSSR count). The second-order valence-electron chi connectivity index (χ2n) is 9.96. The number of aryl methyl sites for hydroxylation is 6. The first-order valence-corrected chi connectivity index (χ1v) is 14.3. The average Bonchev–Trinajstić information content (AvgIpc) is 3.14. The van der Waals surface area contributed by atoms with Crippen LogP contribution in [-0.4, -0.2) is 28.2 Å². The normalized spacial score (nSPS) is 13.8. The topological polar surface area (TPSA) is 15.7 Å². The number of rotatable bonds is 5.